The Kier molecular flexibility index (Phi) is 14.8. The second-order valence-corrected chi connectivity index (χ2v) is 14.4. The van der Waals surface area contributed by atoms with Crippen molar-refractivity contribution in [1.29, 1.82) is 0 Å². The molecule has 288 valence electrons. The van der Waals surface area contributed by atoms with E-state index in [9.17, 15) is 38.4 Å². The summed E-state index contributed by atoms with van der Waals surface area (Å²) in [5.74, 6) is -1.28. The number of fused-ring (bicyclic) bond motifs is 1. The Hall–Kier alpha value is -3.34. The van der Waals surface area contributed by atoms with E-state index in [1.807, 2.05) is 6.92 Å². The number of halogens is 3. The minimum absolute atomic E-state index is 0.0173. The van der Waals surface area contributed by atoms with E-state index in [0.717, 1.165) is 19.3 Å². The van der Waals surface area contributed by atoms with Gasteiger partial charge < -0.3 is 54.9 Å². The van der Waals surface area contributed by atoms with Crippen molar-refractivity contribution in [2.75, 3.05) is 13.2 Å². The average molecular weight is 731 g/mol. The Bertz CT molecular complexity index is 1530. The van der Waals surface area contributed by atoms with Crippen molar-refractivity contribution in [2.45, 2.75) is 128 Å². The standard InChI is InChI=1S/C36H53F3N2O10/c1-6-7-8-10-23-17-31(51-36(37,38)39)32(49-23)30-15-21-12-13-22(16-29(21)50-30)48-20-28(45)27(44)18-26(43)25(42)11-9-14-47-33(46)24(35(4,5)41)19-34(2,3)40/h12-13,15-17,24-28,42-45H,6-11,14,18-20,40-41H2,1-5H3. The van der Waals surface area contributed by atoms with Crippen LogP contribution in [0.4, 0.5) is 13.2 Å². The lowest BCUT2D eigenvalue weighted by Gasteiger charge is -2.33. The van der Waals surface area contributed by atoms with E-state index < -0.39 is 59.5 Å². The number of nitrogens with two attached hydrogens (primary N) is 2. The summed E-state index contributed by atoms with van der Waals surface area (Å²) < 4.78 is 66.0. The molecule has 1 aromatic carbocycles. The number of esters is 1. The largest absolute Gasteiger partial charge is 0.573 e. The molecule has 0 fully saturated rings. The highest BCUT2D eigenvalue weighted by Gasteiger charge is 2.37. The molecule has 15 heteroatoms. The maximum absolute atomic E-state index is 13.1. The van der Waals surface area contributed by atoms with Gasteiger partial charge in [0.15, 0.2) is 11.5 Å². The van der Waals surface area contributed by atoms with Gasteiger partial charge >= 0.3 is 12.3 Å². The van der Waals surface area contributed by atoms with E-state index in [4.69, 9.17) is 29.8 Å². The maximum atomic E-state index is 13.1. The highest BCUT2D eigenvalue weighted by atomic mass is 19.4. The average Bonchev–Trinajstić information content (AvgIpc) is 3.61. The van der Waals surface area contributed by atoms with Gasteiger partial charge in [0, 0.05) is 41.4 Å². The topological polar surface area (TPSA) is 204 Å². The summed E-state index contributed by atoms with van der Waals surface area (Å²) in [5, 5.41) is 42.3. The summed E-state index contributed by atoms with van der Waals surface area (Å²) in [7, 11) is 0. The number of alkyl halides is 3. The van der Waals surface area contributed by atoms with Gasteiger partial charge in [0.1, 0.15) is 29.8 Å². The number of furan rings is 2. The molecule has 3 aromatic rings. The van der Waals surface area contributed by atoms with Crippen molar-refractivity contribution in [2.24, 2.45) is 17.4 Å². The molecule has 0 spiro atoms. The first-order valence-electron chi connectivity index (χ1n) is 17.2. The van der Waals surface area contributed by atoms with Crippen LogP contribution in [0.3, 0.4) is 0 Å². The maximum Gasteiger partial charge on any atom is 0.573 e. The summed E-state index contributed by atoms with van der Waals surface area (Å²) in [6.45, 7) is 8.61. The highest BCUT2D eigenvalue weighted by molar-refractivity contribution is 5.84. The summed E-state index contributed by atoms with van der Waals surface area (Å²) in [4.78, 5) is 12.7. The predicted molar refractivity (Wildman–Crippen MR) is 183 cm³/mol. The number of hydrogen-bond donors (Lipinski definition) is 6. The molecule has 0 aliphatic carbocycles. The number of hydrogen-bond acceptors (Lipinski definition) is 12. The van der Waals surface area contributed by atoms with Crippen molar-refractivity contribution in [3.63, 3.8) is 0 Å². The van der Waals surface area contributed by atoms with Crippen LogP contribution in [0.1, 0.15) is 85.3 Å². The summed E-state index contributed by atoms with van der Waals surface area (Å²) in [5.41, 5.74) is 11.0. The van der Waals surface area contributed by atoms with Crippen LogP contribution >= 0.6 is 0 Å². The quantitative estimate of drug-likeness (QED) is 0.0607. The Morgan fingerprint density at radius 3 is 2.22 bits per heavy atom. The molecule has 5 atom stereocenters. The molecule has 0 saturated carbocycles. The fourth-order valence-electron chi connectivity index (χ4n) is 5.47. The molecule has 3 rings (SSSR count). The first kappa shape index (κ1) is 42.1. The van der Waals surface area contributed by atoms with E-state index in [-0.39, 0.29) is 55.3 Å². The van der Waals surface area contributed by atoms with Crippen molar-refractivity contribution >= 4 is 16.9 Å². The molecule has 8 N–H and O–H groups in total. The zero-order valence-corrected chi connectivity index (χ0v) is 29.9. The van der Waals surface area contributed by atoms with E-state index in [1.165, 1.54) is 18.2 Å². The number of aliphatic hydroxyl groups is 4. The van der Waals surface area contributed by atoms with Crippen LogP contribution < -0.4 is 20.9 Å². The SMILES string of the molecule is CCCCCc1cc(OC(F)(F)F)c(-c2cc3ccc(OCC(O)C(O)CC(O)C(O)CCCOC(=O)C(CC(C)(C)N)C(C)(C)N)cc3o2)o1. The molecular formula is C36H53F3N2O10. The molecule has 0 aliphatic heterocycles. The summed E-state index contributed by atoms with van der Waals surface area (Å²) in [6.07, 6.45) is -7.29. The summed E-state index contributed by atoms with van der Waals surface area (Å²) >= 11 is 0. The predicted octanol–water partition coefficient (Wildman–Crippen LogP) is 5.34. The first-order valence-corrected chi connectivity index (χ1v) is 17.2. The van der Waals surface area contributed by atoms with Crippen LogP contribution in [-0.2, 0) is 16.0 Å². The molecule has 12 nitrogen and oxygen atoms in total. The monoisotopic (exact) mass is 730 g/mol. The smallest absolute Gasteiger partial charge is 0.491 e. The number of benzene rings is 1. The molecule has 0 amide bonds. The van der Waals surface area contributed by atoms with Gasteiger partial charge in [0.2, 0.25) is 5.76 Å². The number of carbonyl (C=O) groups excluding carboxylic acids is 1. The third-order valence-corrected chi connectivity index (χ3v) is 8.31. The van der Waals surface area contributed by atoms with Gasteiger partial charge in [-0.15, -0.1) is 13.2 Å². The lowest BCUT2D eigenvalue weighted by molar-refractivity contribution is -0.274. The van der Waals surface area contributed by atoms with Crippen molar-refractivity contribution in [1.82, 2.24) is 0 Å². The van der Waals surface area contributed by atoms with Gasteiger partial charge in [0.25, 0.3) is 0 Å². The molecule has 5 unspecified atom stereocenters. The molecule has 0 bridgehead atoms. The molecule has 0 saturated heterocycles. The lowest BCUT2D eigenvalue weighted by Crippen LogP contribution is -2.50. The van der Waals surface area contributed by atoms with E-state index in [2.05, 4.69) is 4.74 Å². The molecule has 0 radical (unpaired) electrons. The number of carbonyl (C=O) groups is 1. The second kappa shape index (κ2) is 17.9. The molecule has 51 heavy (non-hydrogen) atoms. The summed E-state index contributed by atoms with van der Waals surface area (Å²) in [6, 6.07) is 7.33. The van der Waals surface area contributed by atoms with Crippen LogP contribution in [0.2, 0.25) is 0 Å². The van der Waals surface area contributed by atoms with Gasteiger partial charge in [-0.05, 0) is 71.6 Å². The number of ether oxygens (including phenoxy) is 3. The van der Waals surface area contributed by atoms with E-state index in [1.54, 1.807) is 39.8 Å². The van der Waals surface area contributed by atoms with Crippen LogP contribution in [0.5, 0.6) is 11.5 Å². The highest BCUT2D eigenvalue weighted by Crippen LogP contribution is 2.40. The third kappa shape index (κ3) is 13.6. The second-order valence-electron chi connectivity index (χ2n) is 14.4. The molecule has 2 heterocycles. The van der Waals surface area contributed by atoms with Crippen molar-refractivity contribution in [3.8, 4) is 23.0 Å². The van der Waals surface area contributed by atoms with Crippen LogP contribution in [0.25, 0.3) is 22.5 Å². The Labute approximate surface area is 295 Å². The minimum atomic E-state index is -4.93. The Balaban J connectivity index is 1.52. The van der Waals surface area contributed by atoms with Gasteiger partial charge in [-0.25, -0.2) is 0 Å². The van der Waals surface area contributed by atoms with Crippen LogP contribution in [0.15, 0.2) is 39.2 Å². The van der Waals surface area contributed by atoms with Crippen LogP contribution in [-0.4, -0.2) is 81.5 Å². The van der Waals surface area contributed by atoms with Gasteiger partial charge in [-0.1, -0.05) is 19.8 Å². The fourth-order valence-corrected chi connectivity index (χ4v) is 5.47. The normalized spacial score (nSPS) is 15.7. The van der Waals surface area contributed by atoms with E-state index >= 15 is 0 Å². The van der Waals surface area contributed by atoms with E-state index in [0.29, 0.717) is 24.0 Å². The van der Waals surface area contributed by atoms with Gasteiger partial charge in [-0.3, -0.25) is 4.79 Å². The van der Waals surface area contributed by atoms with Gasteiger partial charge in [-0.2, -0.15) is 0 Å². The zero-order valence-electron chi connectivity index (χ0n) is 29.9. The Morgan fingerprint density at radius 1 is 0.902 bits per heavy atom. The number of unbranched alkanes of at least 4 members (excludes halogenated alkanes) is 2. The first-order chi connectivity index (χ1) is 23.7. The van der Waals surface area contributed by atoms with Gasteiger partial charge in [0.05, 0.1) is 30.8 Å². The van der Waals surface area contributed by atoms with Crippen molar-refractivity contribution < 1.29 is 61.4 Å². The number of rotatable bonds is 21. The number of aliphatic hydroxyl groups excluding tert-OH is 4. The lowest BCUT2D eigenvalue weighted by atomic mass is 9.80. The zero-order chi connectivity index (χ0) is 38.1. The minimum Gasteiger partial charge on any atom is -0.491 e. The molecular weight excluding hydrogens is 677 g/mol. The Morgan fingerprint density at radius 2 is 1.59 bits per heavy atom. The van der Waals surface area contributed by atoms with Crippen molar-refractivity contribution in [3.05, 3.63) is 36.1 Å². The molecule has 2 aromatic heterocycles. The fraction of sp³-hybridized carbons (Fsp3) is 0.639. The molecule has 0 aliphatic rings. The van der Waals surface area contributed by atoms with Crippen LogP contribution in [0, 0.1) is 5.92 Å². The number of aryl methyl sites for hydroxylation is 1. The third-order valence-electron chi connectivity index (χ3n) is 8.31.